The Morgan fingerprint density at radius 2 is 2.08 bits per heavy atom. The number of ether oxygens (including phenoxy) is 1. The van der Waals surface area contributed by atoms with E-state index in [1.807, 2.05) is 6.92 Å². The normalized spacial score (nSPS) is 25.5. The van der Waals surface area contributed by atoms with Crippen molar-refractivity contribution in [2.45, 2.75) is 36.9 Å². The van der Waals surface area contributed by atoms with Gasteiger partial charge in [-0.3, -0.25) is 14.9 Å². The van der Waals surface area contributed by atoms with Crippen LogP contribution >= 0.6 is 11.8 Å². The maximum atomic E-state index is 12.1. The van der Waals surface area contributed by atoms with Crippen molar-refractivity contribution in [3.8, 4) is 0 Å². The van der Waals surface area contributed by atoms with E-state index in [1.165, 1.54) is 22.0 Å². The summed E-state index contributed by atoms with van der Waals surface area (Å²) >= 11 is 1.44. The molecule has 2 N–H and O–H groups in total. The van der Waals surface area contributed by atoms with Crippen molar-refractivity contribution in [1.29, 1.82) is 0 Å². The van der Waals surface area contributed by atoms with Crippen LogP contribution in [0.5, 0.6) is 0 Å². The minimum atomic E-state index is -4.61. The van der Waals surface area contributed by atoms with Crippen LogP contribution in [-0.2, 0) is 19.1 Å². The third-order valence-corrected chi connectivity index (χ3v) is 5.27. The van der Waals surface area contributed by atoms with Gasteiger partial charge in [0.15, 0.2) is 6.61 Å². The highest BCUT2D eigenvalue weighted by Gasteiger charge is 2.53. The van der Waals surface area contributed by atoms with Crippen molar-refractivity contribution < 1.29 is 37.1 Å². The molecular formula is C13H16F3N3O5S. The van der Waals surface area contributed by atoms with Crippen molar-refractivity contribution in [1.82, 2.24) is 15.5 Å². The number of carbonyl (C=O) groups excluding carboxylic acids is 4. The summed E-state index contributed by atoms with van der Waals surface area (Å²) < 4.78 is 40.5. The van der Waals surface area contributed by atoms with Crippen LogP contribution in [0, 0.1) is 0 Å². The minimum Gasteiger partial charge on any atom is -0.454 e. The predicted octanol–water partition coefficient (Wildman–Crippen LogP) is 0.372. The number of rotatable bonds is 4. The van der Waals surface area contributed by atoms with Crippen LogP contribution in [0.15, 0.2) is 0 Å². The van der Waals surface area contributed by atoms with Crippen LogP contribution < -0.4 is 10.6 Å². The molecule has 0 unspecified atom stereocenters. The number of fused-ring (bicyclic) bond motifs is 1. The number of esters is 1. The van der Waals surface area contributed by atoms with Crippen LogP contribution in [0.25, 0.3) is 0 Å². The van der Waals surface area contributed by atoms with Gasteiger partial charge in [-0.2, -0.15) is 13.2 Å². The SMILES string of the molecule is C[C@]12CCC(=O)N1[C@H](C(=O)OCC(=O)NC(=O)NCC(F)(F)F)CS2. The molecule has 4 amide bonds. The topological polar surface area (TPSA) is 105 Å². The first-order valence-corrected chi connectivity index (χ1v) is 8.27. The van der Waals surface area contributed by atoms with Crippen LogP contribution in [0.4, 0.5) is 18.0 Å². The van der Waals surface area contributed by atoms with Crippen molar-refractivity contribution in [2.75, 3.05) is 18.9 Å². The lowest BCUT2D eigenvalue weighted by molar-refractivity contribution is -0.156. The largest absolute Gasteiger partial charge is 0.454 e. The molecule has 8 nitrogen and oxygen atoms in total. The number of imide groups is 1. The second-order valence-electron chi connectivity index (χ2n) is 5.72. The molecule has 12 heteroatoms. The average Bonchev–Trinajstić information content (AvgIpc) is 2.99. The van der Waals surface area contributed by atoms with E-state index in [-0.39, 0.29) is 5.91 Å². The minimum absolute atomic E-state index is 0.176. The van der Waals surface area contributed by atoms with Gasteiger partial charge in [-0.25, -0.2) is 9.59 Å². The zero-order valence-electron chi connectivity index (χ0n) is 13.1. The number of nitrogens with zero attached hydrogens (tertiary/aromatic N) is 1. The number of halogens is 3. The number of carbonyl (C=O) groups is 4. The first kappa shape index (κ1) is 19.3. The molecule has 0 aromatic rings. The Hall–Kier alpha value is -1.98. The summed E-state index contributed by atoms with van der Waals surface area (Å²) in [5, 5.41) is 3.05. The molecule has 2 heterocycles. The second-order valence-corrected chi connectivity index (χ2v) is 7.22. The summed E-state index contributed by atoms with van der Waals surface area (Å²) in [7, 11) is 0. The van der Waals surface area contributed by atoms with E-state index in [0.29, 0.717) is 18.6 Å². The molecule has 140 valence electrons. The van der Waals surface area contributed by atoms with Gasteiger partial charge in [0, 0.05) is 12.2 Å². The molecule has 2 atom stereocenters. The van der Waals surface area contributed by atoms with Crippen LogP contribution in [0.2, 0.25) is 0 Å². The molecule has 0 spiro atoms. The maximum Gasteiger partial charge on any atom is 0.405 e. The Bertz CT molecular complexity index is 600. The summed E-state index contributed by atoms with van der Waals surface area (Å²) in [6.07, 6.45) is -3.67. The predicted molar refractivity (Wildman–Crippen MR) is 79.3 cm³/mol. The highest BCUT2D eigenvalue weighted by Crippen LogP contribution is 2.47. The summed E-state index contributed by atoms with van der Waals surface area (Å²) in [4.78, 5) is 47.5. The highest BCUT2D eigenvalue weighted by atomic mass is 32.2. The quantitative estimate of drug-likeness (QED) is 0.680. The van der Waals surface area contributed by atoms with E-state index in [2.05, 4.69) is 0 Å². The van der Waals surface area contributed by atoms with Gasteiger partial charge >= 0.3 is 18.2 Å². The number of hydrogen-bond donors (Lipinski definition) is 2. The van der Waals surface area contributed by atoms with Crippen molar-refractivity contribution >= 4 is 35.6 Å². The zero-order chi connectivity index (χ0) is 18.8. The first-order valence-electron chi connectivity index (χ1n) is 7.29. The van der Waals surface area contributed by atoms with E-state index in [1.54, 1.807) is 5.32 Å². The lowest BCUT2D eigenvalue weighted by Crippen LogP contribution is -2.48. The third-order valence-electron chi connectivity index (χ3n) is 3.76. The maximum absolute atomic E-state index is 12.1. The van der Waals surface area contributed by atoms with Gasteiger partial charge in [0.1, 0.15) is 12.6 Å². The van der Waals surface area contributed by atoms with Gasteiger partial charge in [0.05, 0.1) is 4.87 Å². The molecule has 0 bridgehead atoms. The molecule has 2 rings (SSSR count). The Kier molecular flexibility index (Phi) is 5.49. The van der Waals surface area contributed by atoms with E-state index < -0.39 is 48.1 Å². The van der Waals surface area contributed by atoms with Crippen molar-refractivity contribution in [3.63, 3.8) is 0 Å². The first-order chi connectivity index (χ1) is 11.5. The number of alkyl halides is 3. The van der Waals surface area contributed by atoms with E-state index >= 15 is 0 Å². The number of amides is 4. The van der Waals surface area contributed by atoms with E-state index in [4.69, 9.17) is 4.74 Å². The fourth-order valence-corrected chi connectivity index (χ4v) is 4.03. The van der Waals surface area contributed by atoms with Crippen molar-refractivity contribution in [3.05, 3.63) is 0 Å². The molecule has 2 fully saturated rings. The van der Waals surface area contributed by atoms with Crippen LogP contribution in [0.3, 0.4) is 0 Å². The molecule has 0 aromatic carbocycles. The molecule has 0 saturated carbocycles. The van der Waals surface area contributed by atoms with Gasteiger partial charge in [0.25, 0.3) is 5.91 Å². The van der Waals surface area contributed by atoms with E-state index in [9.17, 15) is 32.3 Å². The summed E-state index contributed by atoms with van der Waals surface area (Å²) in [6.45, 7) is -0.591. The highest BCUT2D eigenvalue weighted by molar-refractivity contribution is 8.01. The summed E-state index contributed by atoms with van der Waals surface area (Å²) in [6, 6.07) is -2.17. The monoisotopic (exact) mass is 383 g/mol. The molecule has 2 aliphatic rings. The van der Waals surface area contributed by atoms with E-state index in [0.717, 1.165) is 0 Å². The summed E-state index contributed by atoms with van der Waals surface area (Å²) in [5.74, 6) is -1.72. The molecule has 0 radical (unpaired) electrons. The van der Waals surface area contributed by atoms with Gasteiger partial charge in [-0.1, -0.05) is 0 Å². The lowest BCUT2D eigenvalue weighted by atomic mass is 10.2. The van der Waals surface area contributed by atoms with Gasteiger partial charge in [0.2, 0.25) is 5.91 Å². The molecular weight excluding hydrogens is 367 g/mol. The fraction of sp³-hybridized carbons (Fsp3) is 0.692. The number of urea groups is 1. The molecule has 0 aliphatic carbocycles. The number of thioether (sulfide) groups is 1. The number of nitrogens with one attached hydrogen (secondary N) is 2. The molecule has 25 heavy (non-hydrogen) atoms. The second kappa shape index (κ2) is 7.10. The Morgan fingerprint density at radius 3 is 2.72 bits per heavy atom. The van der Waals surface area contributed by atoms with Crippen LogP contribution in [0.1, 0.15) is 19.8 Å². The summed E-state index contributed by atoms with van der Waals surface area (Å²) in [5.41, 5.74) is 0. The zero-order valence-corrected chi connectivity index (χ0v) is 14.0. The third kappa shape index (κ3) is 4.77. The Labute approximate surface area is 144 Å². The van der Waals surface area contributed by atoms with Gasteiger partial charge in [-0.15, -0.1) is 11.8 Å². The van der Waals surface area contributed by atoms with Crippen molar-refractivity contribution in [2.24, 2.45) is 0 Å². The molecule has 0 aromatic heterocycles. The van der Waals surface area contributed by atoms with Crippen LogP contribution in [-0.4, -0.2) is 64.7 Å². The van der Waals surface area contributed by atoms with Gasteiger partial charge in [-0.05, 0) is 13.3 Å². The Balaban J connectivity index is 1.77. The molecule has 2 saturated heterocycles. The smallest absolute Gasteiger partial charge is 0.405 e. The average molecular weight is 383 g/mol. The number of hydrogen-bond acceptors (Lipinski definition) is 6. The molecule has 2 aliphatic heterocycles. The lowest BCUT2D eigenvalue weighted by Gasteiger charge is -2.29. The Morgan fingerprint density at radius 1 is 1.40 bits per heavy atom. The fourth-order valence-electron chi connectivity index (χ4n) is 2.62. The van der Waals surface area contributed by atoms with Gasteiger partial charge < -0.3 is 15.0 Å². The standard InChI is InChI=1S/C13H16F3N3O5S/c1-12-3-2-9(21)19(12)7(5-25-12)10(22)24-4-8(20)18-11(23)17-6-13(14,15)16/h7H,2-6H2,1H3,(H2,17,18,20,23)/t7-,12-/m0/s1.